The molecule has 0 aromatic carbocycles. The molecule has 0 saturated carbocycles. The summed E-state index contributed by atoms with van der Waals surface area (Å²) in [6.45, 7) is 1.74. The molecule has 1 aromatic heterocycles. The minimum Gasteiger partial charge on any atom is -0.766 e. The topological polar surface area (TPSA) is 68.8 Å². The summed E-state index contributed by atoms with van der Waals surface area (Å²) in [6, 6.07) is 0. The molecule has 1 unspecified atom stereocenters. The molecule has 0 aliphatic rings. The van der Waals surface area contributed by atoms with Crippen molar-refractivity contribution >= 4 is 11.1 Å². The van der Waals surface area contributed by atoms with Crippen molar-refractivity contribution in [2.75, 3.05) is 0 Å². The van der Waals surface area contributed by atoms with Crippen molar-refractivity contribution in [3.63, 3.8) is 0 Å². The van der Waals surface area contributed by atoms with Crippen molar-refractivity contribution < 1.29 is 8.76 Å². The van der Waals surface area contributed by atoms with Gasteiger partial charge in [-0.2, -0.15) is 0 Å². The fourth-order valence-electron chi connectivity index (χ4n) is 0.473. The highest BCUT2D eigenvalue weighted by Crippen LogP contribution is 1.96. The number of nitrogens with zero attached hydrogens (tertiary/aromatic N) is 1. The van der Waals surface area contributed by atoms with Crippen LogP contribution in [0, 0.1) is 6.92 Å². The molecule has 0 saturated heterocycles. The van der Waals surface area contributed by atoms with Gasteiger partial charge in [0.2, 0.25) is 0 Å². The Morgan fingerprint density at radius 2 is 2.56 bits per heavy atom. The van der Waals surface area contributed by atoms with Crippen LogP contribution >= 0.6 is 0 Å². The van der Waals surface area contributed by atoms with E-state index >= 15 is 0 Å². The lowest BCUT2D eigenvalue weighted by atomic mass is 10.6. The summed E-state index contributed by atoms with van der Waals surface area (Å²) in [4.78, 5) is 6.10. The Labute approximate surface area is 54.6 Å². The summed E-state index contributed by atoms with van der Waals surface area (Å²) in [7, 11) is 0. The third-order valence-electron chi connectivity index (χ3n) is 0.837. The molecule has 1 N–H and O–H groups in total. The van der Waals surface area contributed by atoms with Crippen LogP contribution in [-0.2, 0) is 11.1 Å². The zero-order valence-electron chi connectivity index (χ0n) is 4.75. The Kier molecular flexibility index (Phi) is 1.63. The molecule has 1 aromatic rings. The molecule has 1 heterocycles. The first-order valence-electron chi connectivity index (χ1n) is 2.31. The molecule has 5 heteroatoms. The van der Waals surface area contributed by atoms with E-state index in [1.165, 1.54) is 6.20 Å². The Hall–Kier alpha value is -0.680. The van der Waals surface area contributed by atoms with Crippen LogP contribution in [0.2, 0.25) is 0 Å². The molecule has 0 fully saturated rings. The highest BCUT2D eigenvalue weighted by molar-refractivity contribution is 7.78. The van der Waals surface area contributed by atoms with E-state index in [1.54, 1.807) is 6.92 Å². The average molecular weight is 145 g/mol. The summed E-state index contributed by atoms with van der Waals surface area (Å²) in [6.07, 6.45) is 1.46. The normalized spacial score (nSPS) is 13.6. The monoisotopic (exact) mass is 145 g/mol. The Bertz CT molecular complexity index is 232. The number of nitrogens with one attached hydrogen (secondary N) is 1. The highest BCUT2D eigenvalue weighted by atomic mass is 32.2. The van der Waals surface area contributed by atoms with Crippen LogP contribution in [0.4, 0.5) is 0 Å². The minimum absolute atomic E-state index is 0.00694. The molecule has 0 spiro atoms. The predicted octanol–water partition coefficient (Wildman–Crippen LogP) is -0.0439. The van der Waals surface area contributed by atoms with Gasteiger partial charge in [-0.25, -0.2) is 4.98 Å². The smallest absolute Gasteiger partial charge is 0.182 e. The quantitative estimate of drug-likeness (QED) is 0.563. The van der Waals surface area contributed by atoms with Gasteiger partial charge in [-0.05, 0) is 6.92 Å². The maximum atomic E-state index is 10.1. The second-order valence-corrected chi connectivity index (χ2v) is 2.46. The number of aryl methyl sites for hydroxylation is 1. The molecule has 0 bridgehead atoms. The van der Waals surface area contributed by atoms with Crippen LogP contribution in [0.25, 0.3) is 0 Å². The van der Waals surface area contributed by atoms with Gasteiger partial charge in [0.05, 0.1) is 0 Å². The molecule has 50 valence electrons. The van der Waals surface area contributed by atoms with E-state index in [9.17, 15) is 8.76 Å². The van der Waals surface area contributed by atoms with E-state index in [0.717, 1.165) is 5.69 Å². The zero-order chi connectivity index (χ0) is 6.85. The van der Waals surface area contributed by atoms with Crippen LogP contribution in [0.15, 0.2) is 11.4 Å². The van der Waals surface area contributed by atoms with Crippen LogP contribution < -0.4 is 0 Å². The number of H-pyrrole nitrogens is 1. The summed E-state index contributed by atoms with van der Waals surface area (Å²) in [5.74, 6) is 0. The molecule has 1 atom stereocenters. The molecule has 0 radical (unpaired) electrons. The Morgan fingerprint density at radius 3 is 2.78 bits per heavy atom. The molecular formula is C4H5N2O2S-. The fraction of sp³-hybridized carbons (Fsp3) is 0.250. The molecule has 0 amide bonds. The largest absolute Gasteiger partial charge is 0.766 e. The number of imidazole rings is 1. The number of hydrogen-bond donors (Lipinski definition) is 1. The highest BCUT2D eigenvalue weighted by Gasteiger charge is 1.93. The third kappa shape index (κ3) is 1.36. The van der Waals surface area contributed by atoms with E-state index in [4.69, 9.17) is 0 Å². The van der Waals surface area contributed by atoms with Gasteiger partial charge in [0.1, 0.15) is 0 Å². The second-order valence-electron chi connectivity index (χ2n) is 1.61. The molecular weight excluding hydrogens is 140 g/mol. The van der Waals surface area contributed by atoms with E-state index in [0.29, 0.717) is 0 Å². The summed E-state index contributed by atoms with van der Waals surface area (Å²) < 4.78 is 20.2. The summed E-state index contributed by atoms with van der Waals surface area (Å²) in [5, 5.41) is -0.00694. The zero-order valence-corrected chi connectivity index (χ0v) is 5.57. The van der Waals surface area contributed by atoms with E-state index in [-0.39, 0.29) is 5.16 Å². The van der Waals surface area contributed by atoms with Gasteiger partial charge in [0.15, 0.2) is 5.16 Å². The fourth-order valence-corrected chi connectivity index (χ4v) is 0.856. The van der Waals surface area contributed by atoms with Crippen molar-refractivity contribution in [1.82, 2.24) is 9.97 Å². The van der Waals surface area contributed by atoms with Crippen LogP contribution in [0.1, 0.15) is 5.69 Å². The SMILES string of the molecule is Cc1cnc(S(=O)[O-])[nH]1. The van der Waals surface area contributed by atoms with E-state index in [2.05, 4.69) is 9.97 Å². The van der Waals surface area contributed by atoms with Gasteiger partial charge in [-0.15, -0.1) is 0 Å². The minimum atomic E-state index is -2.22. The van der Waals surface area contributed by atoms with Gasteiger partial charge in [0.25, 0.3) is 0 Å². The van der Waals surface area contributed by atoms with Crippen LogP contribution in [-0.4, -0.2) is 18.7 Å². The molecule has 9 heavy (non-hydrogen) atoms. The van der Waals surface area contributed by atoms with Crippen LogP contribution in [0.3, 0.4) is 0 Å². The summed E-state index contributed by atoms with van der Waals surface area (Å²) in [5.41, 5.74) is 0.745. The van der Waals surface area contributed by atoms with E-state index < -0.39 is 11.1 Å². The lowest BCUT2D eigenvalue weighted by molar-refractivity contribution is 0.530. The van der Waals surface area contributed by atoms with Gasteiger partial charge < -0.3 is 9.54 Å². The van der Waals surface area contributed by atoms with Crippen molar-refractivity contribution in [3.8, 4) is 0 Å². The first kappa shape index (κ1) is 6.44. The molecule has 0 aliphatic carbocycles. The average Bonchev–Trinajstić information content (AvgIpc) is 2.14. The summed E-state index contributed by atoms with van der Waals surface area (Å²) >= 11 is -2.22. The standard InChI is InChI=1S/C4H6N2O2S/c1-3-2-5-4(6-3)9(7)8/h2H,1H3,(H,5,6)(H,7,8)/p-1. The van der Waals surface area contributed by atoms with Gasteiger partial charge in [-0.3, -0.25) is 4.21 Å². The lowest BCUT2D eigenvalue weighted by Crippen LogP contribution is -1.90. The number of aromatic nitrogens is 2. The van der Waals surface area contributed by atoms with Gasteiger partial charge in [-0.1, -0.05) is 0 Å². The first-order chi connectivity index (χ1) is 4.20. The van der Waals surface area contributed by atoms with Crippen molar-refractivity contribution in [3.05, 3.63) is 11.9 Å². The maximum absolute atomic E-state index is 10.1. The molecule has 1 rings (SSSR count). The van der Waals surface area contributed by atoms with Crippen LogP contribution in [0.5, 0.6) is 0 Å². The van der Waals surface area contributed by atoms with Crippen molar-refractivity contribution in [2.24, 2.45) is 0 Å². The Balaban J connectivity index is 2.98. The molecule has 0 aliphatic heterocycles. The molecule has 4 nitrogen and oxygen atoms in total. The Morgan fingerprint density at radius 1 is 1.89 bits per heavy atom. The number of aromatic amines is 1. The maximum Gasteiger partial charge on any atom is 0.182 e. The van der Waals surface area contributed by atoms with Crippen molar-refractivity contribution in [2.45, 2.75) is 12.1 Å². The second kappa shape index (κ2) is 2.28. The first-order valence-corrected chi connectivity index (χ1v) is 3.38. The van der Waals surface area contributed by atoms with E-state index in [1.807, 2.05) is 0 Å². The number of hydrogen-bond acceptors (Lipinski definition) is 3. The predicted molar refractivity (Wildman–Crippen MR) is 30.5 cm³/mol. The van der Waals surface area contributed by atoms with Crippen molar-refractivity contribution in [1.29, 1.82) is 0 Å². The lowest BCUT2D eigenvalue weighted by Gasteiger charge is -1.96. The van der Waals surface area contributed by atoms with Gasteiger partial charge >= 0.3 is 0 Å². The van der Waals surface area contributed by atoms with Gasteiger partial charge in [0, 0.05) is 23.0 Å². The third-order valence-corrected chi connectivity index (χ3v) is 1.36. The number of rotatable bonds is 1.